The van der Waals surface area contributed by atoms with Gasteiger partial charge in [-0.15, -0.1) is 11.8 Å². The van der Waals surface area contributed by atoms with Gasteiger partial charge in [0.1, 0.15) is 29.7 Å². The standard InChI is InChI=1S/C16H26N2O6S/c19-10-11(20)13(22)16-18(15(24)12(10)21)9(7-25-16)14(23)17-8-5-3-1-2-4-6-8/h8-13,16,19-22H,1-7H2,(H,17,23)/t9-,10-,11-,12-,13+,16+/m0/s1. The van der Waals surface area contributed by atoms with Crippen LogP contribution in [0.3, 0.4) is 0 Å². The summed E-state index contributed by atoms with van der Waals surface area (Å²) in [7, 11) is 0. The zero-order chi connectivity index (χ0) is 18.1. The number of hydrogen-bond donors (Lipinski definition) is 5. The van der Waals surface area contributed by atoms with E-state index in [2.05, 4.69) is 5.32 Å². The molecule has 3 aliphatic rings. The number of thioether (sulfide) groups is 1. The molecule has 1 saturated carbocycles. The Bertz CT molecular complexity index is 513. The highest BCUT2D eigenvalue weighted by atomic mass is 32.2. The quantitative estimate of drug-likeness (QED) is 0.374. The van der Waals surface area contributed by atoms with E-state index in [-0.39, 0.29) is 17.7 Å². The second-order valence-electron chi connectivity index (χ2n) is 7.10. The molecule has 0 bridgehead atoms. The normalized spacial score (nSPS) is 40.3. The first-order chi connectivity index (χ1) is 11.9. The van der Waals surface area contributed by atoms with Gasteiger partial charge in [-0.25, -0.2) is 0 Å². The molecule has 2 amide bonds. The highest BCUT2D eigenvalue weighted by Gasteiger charge is 2.53. The first-order valence-corrected chi connectivity index (χ1v) is 9.93. The molecule has 0 aromatic rings. The lowest BCUT2D eigenvalue weighted by Crippen LogP contribution is -2.55. The first-order valence-electron chi connectivity index (χ1n) is 8.88. The van der Waals surface area contributed by atoms with Crippen LogP contribution in [-0.2, 0) is 9.59 Å². The lowest BCUT2D eigenvalue weighted by molar-refractivity contribution is -0.151. The highest BCUT2D eigenvalue weighted by molar-refractivity contribution is 8.00. The van der Waals surface area contributed by atoms with Crippen LogP contribution < -0.4 is 5.32 Å². The monoisotopic (exact) mass is 374 g/mol. The molecule has 0 unspecified atom stereocenters. The third kappa shape index (κ3) is 3.66. The van der Waals surface area contributed by atoms with Crippen molar-refractivity contribution in [2.75, 3.05) is 5.75 Å². The van der Waals surface area contributed by atoms with Crippen LogP contribution in [-0.4, -0.2) is 84.8 Å². The lowest BCUT2D eigenvalue weighted by atomic mass is 10.1. The van der Waals surface area contributed by atoms with Gasteiger partial charge in [-0.3, -0.25) is 9.59 Å². The van der Waals surface area contributed by atoms with E-state index in [1.807, 2.05) is 0 Å². The summed E-state index contributed by atoms with van der Waals surface area (Å²) < 4.78 is 0. The summed E-state index contributed by atoms with van der Waals surface area (Å²) in [6, 6.07) is -0.750. The van der Waals surface area contributed by atoms with Crippen molar-refractivity contribution in [2.24, 2.45) is 0 Å². The summed E-state index contributed by atoms with van der Waals surface area (Å²) in [6.07, 6.45) is -0.463. The zero-order valence-corrected chi connectivity index (χ0v) is 14.8. The molecule has 2 heterocycles. The van der Waals surface area contributed by atoms with E-state index in [0.29, 0.717) is 0 Å². The minimum absolute atomic E-state index is 0.0761. The van der Waals surface area contributed by atoms with Crippen molar-refractivity contribution in [1.82, 2.24) is 10.2 Å². The number of carbonyl (C=O) groups excluding carboxylic acids is 2. The number of amides is 2. The number of nitrogens with one attached hydrogen (secondary N) is 1. The molecule has 3 fully saturated rings. The average molecular weight is 374 g/mol. The van der Waals surface area contributed by atoms with Gasteiger partial charge in [0.2, 0.25) is 5.91 Å². The fourth-order valence-corrected chi connectivity index (χ4v) is 5.31. The Hall–Kier alpha value is -0.870. The second-order valence-corrected chi connectivity index (χ2v) is 8.25. The number of nitrogens with zero attached hydrogens (tertiary/aromatic N) is 1. The predicted molar refractivity (Wildman–Crippen MR) is 90.5 cm³/mol. The Balaban J connectivity index is 1.74. The Labute approximate surface area is 150 Å². The molecule has 0 radical (unpaired) electrons. The van der Waals surface area contributed by atoms with Gasteiger partial charge in [0, 0.05) is 11.8 Å². The molecule has 25 heavy (non-hydrogen) atoms. The molecule has 3 rings (SSSR count). The summed E-state index contributed by atoms with van der Waals surface area (Å²) in [5, 5.41) is 42.1. The van der Waals surface area contributed by atoms with Crippen molar-refractivity contribution in [1.29, 1.82) is 0 Å². The molecule has 9 heteroatoms. The predicted octanol–water partition coefficient (Wildman–Crippen LogP) is -1.45. The van der Waals surface area contributed by atoms with E-state index in [9.17, 15) is 30.0 Å². The van der Waals surface area contributed by atoms with Gasteiger partial charge in [0.05, 0.1) is 0 Å². The van der Waals surface area contributed by atoms with Gasteiger partial charge in [-0.1, -0.05) is 25.7 Å². The summed E-state index contributed by atoms with van der Waals surface area (Å²) >= 11 is 1.17. The largest absolute Gasteiger partial charge is 0.387 e. The topological polar surface area (TPSA) is 130 Å². The van der Waals surface area contributed by atoms with Crippen molar-refractivity contribution in [3.8, 4) is 0 Å². The van der Waals surface area contributed by atoms with Gasteiger partial charge < -0.3 is 30.6 Å². The van der Waals surface area contributed by atoms with Crippen LogP contribution in [0.5, 0.6) is 0 Å². The first kappa shape index (κ1) is 18.9. The summed E-state index contributed by atoms with van der Waals surface area (Å²) in [5.74, 6) is -0.860. The van der Waals surface area contributed by atoms with E-state index in [1.165, 1.54) is 11.8 Å². The van der Waals surface area contributed by atoms with Crippen LogP contribution in [0.1, 0.15) is 38.5 Å². The molecule has 0 aromatic heterocycles. The van der Waals surface area contributed by atoms with Gasteiger partial charge in [0.25, 0.3) is 5.91 Å². The van der Waals surface area contributed by atoms with E-state index in [1.54, 1.807) is 0 Å². The molecular weight excluding hydrogens is 348 g/mol. The smallest absolute Gasteiger partial charge is 0.255 e. The molecule has 2 aliphatic heterocycles. The van der Waals surface area contributed by atoms with E-state index < -0.39 is 41.7 Å². The third-order valence-electron chi connectivity index (χ3n) is 5.36. The van der Waals surface area contributed by atoms with Crippen molar-refractivity contribution in [3.05, 3.63) is 0 Å². The van der Waals surface area contributed by atoms with Crippen LogP contribution in [0.15, 0.2) is 0 Å². The van der Waals surface area contributed by atoms with Crippen molar-refractivity contribution < 1.29 is 30.0 Å². The van der Waals surface area contributed by atoms with Gasteiger partial charge in [0.15, 0.2) is 6.10 Å². The molecule has 8 nitrogen and oxygen atoms in total. The maximum atomic E-state index is 12.7. The third-order valence-corrected chi connectivity index (χ3v) is 6.72. The minimum atomic E-state index is -1.86. The molecular formula is C16H26N2O6S. The van der Waals surface area contributed by atoms with E-state index in [4.69, 9.17) is 0 Å². The molecule has 142 valence electrons. The van der Waals surface area contributed by atoms with Crippen LogP contribution in [0.4, 0.5) is 0 Å². The Morgan fingerprint density at radius 1 is 1.00 bits per heavy atom. The van der Waals surface area contributed by atoms with Crippen LogP contribution in [0, 0.1) is 0 Å². The number of aliphatic hydroxyl groups excluding tert-OH is 4. The fraction of sp³-hybridized carbons (Fsp3) is 0.875. The number of hydrogen-bond acceptors (Lipinski definition) is 7. The van der Waals surface area contributed by atoms with Gasteiger partial charge >= 0.3 is 0 Å². The Kier molecular flexibility index (Phi) is 5.89. The minimum Gasteiger partial charge on any atom is -0.387 e. The van der Waals surface area contributed by atoms with Crippen LogP contribution in [0.2, 0.25) is 0 Å². The molecule has 5 N–H and O–H groups in total. The Morgan fingerprint density at radius 2 is 1.64 bits per heavy atom. The van der Waals surface area contributed by atoms with Gasteiger partial charge in [-0.05, 0) is 12.8 Å². The van der Waals surface area contributed by atoms with Crippen LogP contribution >= 0.6 is 11.8 Å². The van der Waals surface area contributed by atoms with E-state index in [0.717, 1.165) is 43.4 Å². The average Bonchev–Trinajstić information content (AvgIpc) is 2.87. The van der Waals surface area contributed by atoms with E-state index >= 15 is 0 Å². The van der Waals surface area contributed by atoms with Crippen molar-refractivity contribution in [3.63, 3.8) is 0 Å². The summed E-state index contributed by atoms with van der Waals surface area (Å²) in [6.45, 7) is 0. The second kappa shape index (κ2) is 7.79. The molecule has 0 aromatic carbocycles. The number of rotatable bonds is 2. The maximum Gasteiger partial charge on any atom is 0.255 e. The lowest BCUT2D eigenvalue weighted by Gasteiger charge is -2.30. The van der Waals surface area contributed by atoms with Crippen LogP contribution in [0.25, 0.3) is 0 Å². The van der Waals surface area contributed by atoms with Crippen molar-refractivity contribution in [2.45, 2.75) is 80.4 Å². The summed E-state index contributed by atoms with van der Waals surface area (Å²) in [4.78, 5) is 26.3. The molecule has 1 aliphatic carbocycles. The highest BCUT2D eigenvalue weighted by Crippen LogP contribution is 2.36. The maximum absolute atomic E-state index is 12.7. The van der Waals surface area contributed by atoms with Crippen molar-refractivity contribution >= 4 is 23.6 Å². The SMILES string of the molecule is O=C(NC1CCCCCC1)[C@@H]1CS[C@@H]2[C@H](O)[C@@H](O)[C@H](O)[C@H](O)C(=O)N21. The summed E-state index contributed by atoms with van der Waals surface area (Å²) in [5.41, 5.74) is 0. The molecule has 2 saturated heterocycles. The molecule has 6 atom stereocenters. The molecule has 0 spiro atoms. The fourth-order valence-electron chi connectivity index (χ4n) is 3.85. The zero-order valence-electron chi connectivity index (χ0n) is 14.0. The van der Waals surface area contributed by atoms with Gasteiger partial charge in [-0.2, -0.15) is 0 Å². The number of aliphatic hydroxyl groups is 4. The Morgan fingerprint density at radius 3 is 2.28 bits per heavy atom. The number of carbonyl (C=O) groups is 2. The number of fused-ring (bicyclic) bond motifs is 1.